The maximum absolute atomic E-state index is 5.64. The van der Waals surface area contributed by atoms with Crippen LogP contribution in [0.2, 0.25) is 0 Å². The molecule has 4 heteroatoms. The Kier molecular flexibility index (Phi) is 4.73. The highest BCUT2D eigenvalue weighted by Crippen LogP contribution is 2.16. The fourth-order valence-corrected chi connectivity index (χ4v) is 2.10. The van der Waals surface area contributed by atoms with E-state index < -0.39 is 0 Å². The predicted molar refractivity (Wildman–Crippen MR) is 73.6 cm³/mol. The van der Waals surface area contributed by atoms with Gasteiger partial charge in [0.25, 0.3) is 0 Å². The minimum Gasteiger partial charge on any atom is -0.380 e. The monoisotopic (exact) mass is 247 g/mol. The van der Waals surface area contributed by atoms with Gasteiger partial charge in [-0.1, -0.05) is 19.1 Å². The third kappa shape index (κ3) is 2.89. The Labute approximate surface area is 108 Å². The van der Waals surface area contributed by atoms with Crippen molar-refractivity contribution in [1.82, 2.24) is 9.55 Å². The van der Waals surface area contributed by atoms with Crippen LogP contribution < -0.4 is 5.73 Å². The number of aromatic nitrogens is 2. The summed E-state index contributed by atoms with van der Waals surface area (Å²) in [5.41, 5.74) is 7.85. The first-order valence-electron chi connectivity index (χ1n) is 6.58. The topological polar surface area (TPSA) is 53.1 Å². The second-order valence-electron chi connectivity index (χ2n) is 4.32. The molecular formula is C14H21N3O. The van der Waals surface area contributed by atoms with E-state index in [-0.39, 0.29) is 0 Å². The summed E-state index contributed by atoms with van der Waals surface area (Å²) in [6, 6.07) is 8.19. The quantitative estimate of drug-likeness (QED) is 0.761. The van der Waals surface area contributed by atoms with Crippen LogP contribution in [0.5, 0.6) is 0 Å². The molecule has 2 N–H and O–H groups in total. The number of para-hydroxylation sites is 2. The Morgan fingerprint density at radius 3 is 2.89 bits per heavy atom. The molecule has 0 fully saturated rings. The molecule has 0 radical (unpaired) electrons. The summed E-state index contributed by atoms with van der Waals surface area (Å²) in [7, 11) is 0. The van der Waals surface area contributed by atoms with Gasteiger partial charge in [-0.25, -0.2) is 4.98 Å². The first kappa shape index (κ1) is 13.1. The molecule has 1 aromatic carbocycles. The van der Waals surface area contributed by atoms with Gasteiger partial charge in [0.15, 0.2) is 0 Å². The van der Waals surface area contributed by atoms with Gasteiger partial charge >= 0.3 is 0 Å². The van der Waals surface area contributed by atoms with E-state index in [0.717, 1.165) is 43.9 Å². The highest BCUT2D eigenvalue weighted by Gasteiger charge is 2.08. The van der Waals surface area contributed by atoms with Gasteiger partial charge in [-0.15, -0.1) is 0 Å². The highest BCUT2D eigenvalue weighted by atomic mass is 16.5. The fourth-order valence-electron chi connectivity index (χ4n) is 2.10. The summed E-state index contributed by atoms with van der Waals surface area (Å²) in [6.45, 7) is 5.13. The van der Waals surface area contributed by atoms with E-state index >= 15 is 0 Å². The highest BCUT2D eigenvalue weighted by molar-refractivity contribution is 5.75. The number of imidazole rings is 1. The molecule has 2 aromatic rings. The van der Waals surface area contributed by atoms with Crippen molar-refractivity contribution < 1.29 is 4.74 Å². The van der Waals surface area contributed by atoms with Crippen LogP contribution in [0.4, 0.5) is 0 Å². The largest absolute Gasteiger partial charge is 0.380 e. The number of nitrogens with two attached hydrogens (primary N) is 1. The Hall–Kier alpha value is -1.39. The van der Waals surface area contributed by atoms with E-state index in [4.69, 9.17) is 10.5 Å². The molecule has 0 amide bonds. The molecule has 0 atom stereocenters. The third-order valence-electron chi connectivity index (χ3n) is 2.91. The van der Waals surface area contributed by atoms with Crippen molar-refractivity contribution >= 4 is 11.0 Å². The molecule has 0 saturated carbocycles. The number of nitrogens with zero attached hydrogens (tertiary/aromatic N) is 2. The Bertz CT molecular complexity index is 493. The predicted octanol–water partition coefficient (Wildman–Crippen LogP) is 1.96. The van der Waals surface area contributed by atoms with E-state index in [2.05, 4.69) is 22.5 Å². The van der Waals surface area contributed by atoms with Crippen molar-refractivity contribution in [2.24, 2.45) is 5.73 Å². The average Bonchev–Trinajstić information content (AvgIpc) is 2.73. The second kappa shape index (κ2) is 6.52. The van der Waals surface area contributed by atoms with Crippen molar-refractivity contribution in [3.05, 3.63) is 30.1 Å². The molecule has 0 bridgehead atoms. The summed E-state index contributed by atoms with van der Waals surface area (Å²) in [5, 5.41) is 0. The summed E-state index contributed by atoms with van der Waals surface area (Å²) in [4.78, 5) is 4.63. The molecule has 0 saturated heterocycles. The number of fused-ring (bicyclic) bond motifs is 1. The van der Waals surface area contributed by atoms with Crippen LogP contribution in [-0.2, 0) is 17.7 Å². The molecule has 0 spiro atoms. The van der Waals surface area contributed by atoms with Crippen LogP contribution in [0.25, 0.3) is 11.0 Å². The van der Waals surface area contributed by atoms with E-state index in [1.54, 1.807) is 0 Å². The molecule has 0 aliphatic heterocycles. The Balaban J connectivity index is 2.19. The summed E-state index contributed by atoms with van der Waals surface area (Å²) >= 11 is 0. The van der Waals surface area contributed by atoms with Crippen LogP contribution in [0.3, 0.4) is 0 Å². The lowest BCUT2D eigenvalue weighted by atomic mass is 10.3. The van der Waals surface area contributed by atoms with Crippen LogP contribution in [-0.4, -0.2) is 29.3 Å². The molecule has 1 heterocycles. The molecule has 2 rings (SSSR count). The Morgan fingerprint density at radius 2 is 2.11 bits per heavy atom. The molecule has 18 heavy (non-hydrogen) atoms. The number of ether oxygens (including phenoxy) is 1. The van der Waals surface area contributed by atoms with Crippen molar-refractivity contribution in [2.75, 3.05) is 19.8 Å². The minimum absolute atomic E-state index is 0.624. The molecule has 1 aromatic heterocycles. The van der Waals surface area contributed by atoms with Gasteiger partial charge in [0.2, 0.25) is 0 Å². The van der Waals surface area contributed by atoms with E-state index in [0.29, 0.717) is 6.54 Å². The molecule has 0 aliphatic rings. The standard InChI is InChI=1S/C14H21N3O/c1-2-10-18-11-9-17-13-6-4-3-5-12(13)16-14(17)7-8-15/h3-6H,2,7-11,15H2,1H3. The summed E-state index contributed by atoms with van der Waals surface area (Å²) < 4.78 is 7.78. The first-order chi connectivity index (χ1) is 8.86. The van der Waals surface area contributed by atoms with Gasteiger partial charge in [0.1, 0.15) is 5.82 Å². The SMILES string of the molecule is CCCOCCn1c(CCN)nc2ccccc21. The zero-order valence-corrected chi connectivity index (χ0v) is 10.9. The molecule has 0 unspecified atom stereocenters. The van der Waals surface area contributed by atoms with Crippen LogP contribution >= 0.6 is 0 Å². The molecule has 4 nitrogen and oxygen atoms in total. The number of rotatable bonds is 7. The zero-order chi connectivity index (χ0) is 12.8. The molecule has 98 valence electrons. The maximum atomic E-state index is 5.64. The van der Waals surface area contributed by atoms with Gasteiger partial charge in [-0.05, 0) is 25.1 Å². The van der Waals surface area contributed by atoms with Gasteiger partial charge < -0.3 is 15.0 Å². The van der Waals surface area contributed by atoms with E-state index in [1.807, 2.05) is 18.2 Å². The van der Waals surface area contributed by atoms with Crippen molar-refractivity contribution in [3.8, 4) is 0 Å². The first-order valence-corrected chi connectivity index (χ1v) is 6.58. The fraction of sp³-hybridized carbons (Fsp3) is 0.500. The van der Waals surface area contributed by atoms with E-state index in [9.17, 15) is 0 Å². The average molecular weight is 247 g/mol. The number of hydrogen-bond acceptors (Lipinski definition) is 3. The van der Waals surface area contributed by atoms with Crippen LogP contribution in [0.15, 0.2) is 24.3 Å². The van der Waals surface area contributed by atoms with Crippen molar-refractivity contribution in [3.63, 3.8) is 0 Å². The maximum Gasteiger partial charge on any atom is 0.111 e. The normalized spacial score (nSPS) is 11.2. The lowest BCUT2D eigenvalue weighted by Gasteiger charge is -2.09. The summed E-state index contributed by atoms with van der Waals surface area (Å²) in [5.74, 6) is 1.05. The number of hydrogen-bond donors (Lipinski definition) is 1. The minimum atomic E-state index is 0.624. The molecule has 0 aliphatic carbocycles. The van der Waals surface area contributed by atoms with Crippen LogP contribution in [0.1, 0.15) is 19.2 Å². The Morgan fingerprint density at radius 1 is 1.28 bits per heavy atom. The lowest BCUT2D eigenvalue weighted by Crippen LogP contribution is -2.13. The van der Waals surface area contributed by atoms with Crippen molar-refractivity contribution in [2.45, 2.75) is 26.3 Å². The number of benzene rings is 1. The van der Waals surface area contributed by atoms with Gasteiger partial charge in [-0.2, -0.15) is 0 Å². The van der Waals surface area contributed by atoms with E-state index in [1.165, 1.54) is 5.52 Å². The lowest BCUT2D eigenvalue weighted by molar-refractivity contribution is 0.127. The van der Waals surface area contributed by atoms with Gasteiger partial charge in [0, 0.05) is 19.6 Å². The molecular weight excluding hydrogens is 226 g/mol. The smallest absolute Gasteiger partial charge is 0.111 e. The third-order valence-corrected chi connectivity index (χ3v) is 2.91. The summed E-state index contributed by atoms with van der Waals surface area (Å²) in [6.07, 6.45) is 1.86. The second-order valence-corrected chi connectivity index (χ2v) is 4.32. The van der Waals surface area contributed by atoms with Gasteiger partial charge in [0.05, 0.1) is 17.6 Å². The van der Waals surface area contributed by atoms with Crippen molar-refractivity contribution in [1.29, 1.82) is 0 Å². The van der Waals surface area contributed by atoms with Crippen LogP contribution in [0, 0.1) is 0 Å². The van der Waals surface area contributed by atoms with Gasteiger partial charge in [-0.3, -0.25) is 0 Å². The zero-order valence-electron chi connectivity index (χ0n) is 10.9.